The van der Waals surface area contributed by atoms with E-state index in [0.717, 1.165) is 0 Å². The molecule has 0 amide bonds. The third kappa shape index (κ3) is 2.27. The molecule has 0 aliphatic rings. The Kier molecular flexibility index (Phi) is 4.38. The number of hydrogen-bond donors (Lipinski definition) is 0. The molecular weight excluding hydrogens is 166 g/mol. The molecule has 0 fully saturated rings. The summed E-state index contributed by atoms with van der Waals surface area (Å²) in [6.07, 6.45) is 1.78. The summed E-state index contributed by atoms with van der Waals surface area (Å²) in [6.45, 7) is 0. The van der Waals surface area contributed by atoms with Gasteiger partial charge in [-0.05, 0) is 6.07 Å². The van der Waals surface area contributed by atoms with E-state index in [9.17, 15) is 0 Å². The van der Waals surface area contributed by atoms with Crippen LogP contribution in [0.3, 0.4) is 0 Å². The molecule has 0 bridgehead atoms. The molecule has 0 spiro atoms. The first-order valence-corrected chi connectivity index (χ1v) is 2.97. The topological polar surface area (TPSA) is 22.3 Å². The molecule has 1 rings (SSSR count). The Bertz CT molecular complexity index is 194. The van der Waals surface area contributed by atoms with Gasteiger partial charge in [0.2, 0.25) is 6.20 Å². The predicted molar refractivity (Wildman–Crippen MR) is 35.7 cm³/mol. The maximum Gasteiger partial charge on any atom is 0.416 e. The van der Waals surface area contributed by atoms with E-state index in [2.05, 4.69) is 0 Å². The van der Waals surface area contributed by atoms with Crippen LogP contribution < -0.4 is 26.7 Å². The molecule has 0 saturated heterocycles. The van der Waals surface area contributed by atoms with Gasteiger partial charge in [-0.2, -0.15) is 0 Å². The molecule has 0 aromatic carbocycles. The highest BCUT2D eigenvalue weighted by Crippen LogP contribution is 1.97. The van der Waals surface area contributed by atoms with Crippen LogP contribution in [0.5, 0.6) is 5.88 Å². The van der Waals surface area contributed by atoms with Crippen molar-refractivity contribution in [3.63, 3.8) is 0 Å². The van der Waals surface area contributed by atoms with Gasteiger partial charge in [0.15, 0.2) is 0 Å². The van der Waals surface area contributed by atoms with Crippen LogP contribution in [0.1, 0.15) is 0 Å². The highest BCUT2D eigenvalue weighted by atomic mass is 35.5. The summed E-state index contributed by atoms with van der Waals surface area (Å²) in [4.78, 5) is 4.93. The van der Waals surface area contributed by atoms with Gasteiger partial charge in [0.25, 0.3) is 0 Å². The number of methoxy groups -OCH3 is 1. The summed E-state index contributed by atoms with van der Waals surface area (Å²) >= 11 is 0. The first-order chi connectivity index (χ1) is 4.88. The van der Waals surface area contributed by atoms with Crippen LogP contribution in [-0.4, -0.2) is 14.2 Å². The quantitative estimate of drug-likeness (QED) is 0.449. The predicted octanol–water partition coefficient (Wildman–Crippen LogP) is -2.95. The Labute approximate surface area is 71.9 Å². The van der Waals surface area contributed by atoms with Crippen molar-refractivity contribution in [2.45, 2.75) is 0 Å². The summed E-state index contributed by atoms with van der Waals surface area (Å²) in [6, 6.07) is 5.57. The van der Waals surface area contributed by atoms with Gasteiger partial charge in [0.05, 0.1) is 13.2 Å². The van der Waals surface area contributed by atoms with Crippen LogP contribution in [0.25, 0.3) is 0 Å². The molecule has 1 aromatic heterocycles. The van der Waals surface area contributed by atoms with Crippen LogP contribution >= 0.6 is 0 Å². The van der Waals surface area contributed by atoms with Crippen molar-refractivity contribution in [2.24, 2.45) is 0 Å². The molecule has 0 unspecified atom stereocenters. The SMILES string of the molecule is COc1cccc[n+]1OC.[Cl-]. The van der Waals surface area contributed by atoms with E-state index in [1.54, 1.807) is 25.1 Å². The van der Waals surface area contributed by atoms with Crippen molar-refractivity contribution in [2.75, 3.05) is 14.2 Å². The van der Waals surface area contributed by atoms with Crippen LogP contribution in [0.4, 0.5) is 0 Å². The lowest BCUT2D eigenvalue weighted by molar-refractivity contribution is -0.887. The molecule has 62 valence electrons. The van der Waals surface area contributed by atoms with Gasteiger partial charge in [-0.15, -0.1) is 0 Å². The van der Waals surface area contributed by atoms with E-state index < -0.39 is 0 Å². The molecule has 0 aliphatic carbocycles. The van der Waals surface area contributed by atoms with E-state index in [-0.39, 0.29) is 12.4 Å². The molecule has 0 aliphatic heterocycles. The minimum atomic E-state index is 0. The molecule has 0 radical (unpaired) electrons. The number of halogens is 1. The zero-order valence-corrected chi connectivity index (χ0v) is 7.21. The van der Waals surface area contributed by atoms with E-state index in [1.807, 2.05) is 18.2 Å². The van der Waals surface area contributed by atoms with Crippen molar-refractivity contribution in [1.82, 2.24) is 0 Å². The highest BCUT2D eigenvalue weighted by Gasteiger charge is 2.07. The smallest absolute Gasteiger partial charge is 0.416 e. The van der Waals surface area contributed by atoms with Crippen molar-refractivity contribution in [3.8, 4) is 5.88 Å². The summed E-state index contributed by atoms with van der Waals surface area (Å²) in [5, 5.41) is 0. The van der Waals surface area contributed by atoms with Gasteiger partial charge in [0.1, 0.15) is 7.11 Å². The Morgan fingerprint density at radius 1 is 1.27 bits per heavy atom. The lowest BCUT2D eigenvalue weighted by Gasteiger charge is -1.95. The van der Waals surface area contributed by atoms with Crippen LogP contribution in [-0.2, 0) is 0 Å². The molecule has 11 heavy (non-hydrogen) atoms. The average Bonchev–Trinajstić information content (AvgIpc) is 2.04. The van der Waals surface area contributed by atoms with E-state index in [4.69, 9.17) is 9.57 Å². The Hall–Kier alpha value is -0.960. The molecule has 0 N–H and O–H groups in total. The van der Waals surface area contributed by atoms with Crippen molar-refractivity contribution in [1.29, 1.82) is 0 Å². The first-order valence-electron chi connectivity index (χ1n) is 2.97. The minimum absolute atomic E-state index is 0. The molecule has 1 heterocycles. The second-order valence-corrected chi connectivity index (χ2v) is 1.75. The molecule has 4 heteroatoms. The zero-order chi connectivity index (χ0) is 7.40. The van der Waals surface area contributed by atoms with E-state index in [0.29, 0.717) is 5.88 Å². The third-order valence-electron chi connectivity index (χ3n) is 1.19. The van der Waals surface area contributed by atoms with E-state index >= 15 is 0 Å². The Morgan fingerprint density at radius 2 is 2.00 bits per heavy atom. The number of rotatable bonds is 2. The van der Waals surface area contributed by atoms with Gasteiger partial charge < -0.3 is 17.1 Å². The van der Waals surface area contributed by atoms with Crippen LogP contribution in [0.2, 0.25) is 0 Å². The summed E-state index contributed by atoms with van der Waals surface area (Å²) in [7, 11) is 3.19. The average molecular weight is 176 g/mol. The maximum atomic E-state index is 4.97. The largest absolute Gasteiger partial charge is 1.00 e. The fourth-order valence-electron chi connectivity index (χ4n) is 0.722. The monoisotopic (exact) mass is 175 g/mol. The van der Waals surface area contributed by atoms with Crippen molar-refractivity contribution < 1.29 is 26.7 Å². The van der Waals surface area contributed by atoms with E-state index in [1.165, 1.54) is 0 Å². The van der Waals surface area contributed by atoms with Crippen molar-refractivity contribution >= 4 is 0 Å². The number of hydrogen-bond acceptors (Lipinski definition) is 2. The minimum Gasteiger partial charge on any atom is -1.00 e. The number of ether oxygens (including phenoxy) is 1. The number of nitrogens with zero attached hydrogens (tertiary/aromatic N) is 1. The Balaban J connectivity index is 0.000001000. The van der Waals surface area contributed by atoms with Crippen molar-refractivity contribution in [3.05, 3.63) is 24.4 Å². The molecule has 0 saturated carbocycles. The van der Waals surface area contributed by atoms with Crippen LogP contribution in [0.15, 0.2) is 24.4 Å². The van der Waals surface area contributed by atoms with Gasteiger partial charge in [0, 0.05) is 10.8 Å². The van der Waals surface area contributed by atoms with Crippen LogP contribution in [0, 0.1) is 0 Å². The van der Waals surface area contributed by atoms with Gasteiger partial charge in [-0.3, -0.25) is 4.84 Å². The molecule has 0 atom stereocenters. The summed E-state index contributed by atoms with van der Waals surface area (Å²) in [5.41, 5.74) is 0. The fraction of sp³-hybridized carbons (Fsp3) is 0.286. The number of pyridine rings is 1. The standard InChI is InChI=1S/C7H10NO2.ClH/c1-9-7-5-3-4-6-8(7)10-2;/h3-6H,1-2H3;1H/q+1;/p-1. The molecule has 3 nitrogen and oxygen atoms in total. The lowest BCUT2D eigenvalue weighted by Crippen LogP contribution is -3.00. The summed E-state index contributed by atoms with van der Waals surface area (Å²) in [5.74, 6) is 0.685. The molecule has 1 aromatic rings. The highest BCUT2D eigenvalue weighted by molar-refractivity contribution is 5.01. The molecular formula is C7H10ClNO2. The Morgan fingerprint density at radius 3 is 2.45 bits per heavy atom. The lowest BCUT2D eigenvalue weighted by atomic mass is 10.5. The first kappa shape index (κ1) is 10.0. The van der Waals surface area contributed by atoms with Gasteiger partial charge >= 0.3 is 5.88 Å². The number of aromatic nitrogens is 1. The van der Waals surface area contributed by atoms with Gasteiger partial charge in [-0.25, -0.2) is 0 Å². The zero-order valence-electron chi connectivity index (χ0n) is 6.45. The third-order valence-corrected chi connectivity index (χ3v) is 1.19. The van der Waals surface area contributed by atoms with Gasteiger partial charge in [-0.1, -0.05) is 0 Å². The normalized spacial score (nSPS) is 8.18. The maximum absolute atomic E-state index is 4.97. The second kappa shape index (κ2) is 4.79. The fourth-order valence-corrected chi connectivity index (χ4v) is 0.722. The summed E-state index contributed by atoms with van der Waals surface area (Å²) < 4.78 is 6.52. The second-order valence-electron chi connectivity index (χ2n) is 1.75.